The zero-order chi connectivity index (χ0) is 12.6. The average Bonchev–Trinajstić information content (AvgIpc) is 2.45. The number of piperidine rings is 1. The molecule has 2 N–H and O–H groups in total. The van der Waals surface area contributed by atoms with E-state index < -0.39 is 0 Å². The Morgan fingerprint density at radius 1 is 1.17 bits per heavy atom. The molecule has 2 heterocycles. The third kappa shape index (κ3) is 4.71. The fourth-order valence-electron chi connectivity index (χ4n) is 2.65. The first-order valence-corrected chi connectivity index (χ1v) is 7.71. The van der Waals surface area contributed by atoms with Crippen molar-refractivity contribution >= 4 is 17.3 Å². The first-order chi connectivity index (χ1) is 8.86. The van der Waals surface area contributed by atoms with Crippen LogP contribution in [0.25, 0.3) is 0 Å². The molecule has 104 valence electrons. The Morgan fingerprint density at radius 3 is 2.61 bits per heavy atom. The van der Waals surface area contributed by atoms with Crippen LogP contribution in [-0.2, 0) is 4.74 Å². The Bertz CT molecular complexity index is 251. The van der Waals surface area contributed by atoms with Gasteiger partial charge in [0.15, 0.2) is 5.11 Å². The Balaban J connectivity index is 1.52. The van der Waals surface area contributed by atoms with Crippen molar-refractivity contribution in [2.24, 2.45) is 0 Å². The maximum atomic E-state index is 5.43. The van der Waals surface area contributed by atoms with Crippen molar-refractivity contribution in [3.63, 3.8) is 0 Å². The molecule has 0 bridgehead atoms. The monoisotopic (exact) mass is 272 g/mol. The fraction of sp³-hybridized carbons (Fsp3) is 0.923. The molecule has 2 aliphatic rings. The van der Waals surface area contributed by atoms with Crippen molar-refractivity contribution in [3.8, 4) is 0 Å². The lowest BCUT2D eigenvalue weighted by atomic mass is 10.1. The summed E-state index contributed by atoms with van der Waals surface area (Å²) in [5.74, 6) is 0. The smallest absolute Gasteiger partial charge is 0.168 e. The summed E-state index contributed by atoms with van der Waals surface area (Å²) in [6, 6.07) is 0. The lowest BCUT2D eigenvalue weighted by Crippen LogP contribution is -3.14. The highest BCUT2D eigenvalue weighted by molar-refractivity contribution is 7.80. The minimum absolute atomic E-state index is 0.926. The molecular formula is C13H26N3OS+. The van der Waals surface area contributed by atoms with Gasteiger partial charge in [-0.3, -0.25) is 0 Å². The third-order valence-corrected chi connectivity index (χ3v) is 4.23. The third-order valence-electron chi connectivity index (χ3n) is 3.83. The Kier molecular flexibility index (Phi) is 6.17. The fourth-order valence-corrected chi connectivity index (χ4v) is 2.94. The van der Waals surface area contributed by atoms with Gasteiger partial charge in [0, 0.05) is 26.1 Å². The molecule has 18 heavy (non-hydrogen) atoms. The van der Waals surface area contributed by atoms with Gasteiger partial charge in [0.1, 0.15) is 13.1 Å². The lowest BCUT2D eigenvalue weighted by Gasteiger charge is -2.29. The molecule has 0 saturated carbocycles. The van der Waals surface area contributed by atoms with E-state index in [2.05, 4.69) is 10.2 Å². The van der Waals surface area contributed by atoms with Crippen molar-refractivity contribution in [2.45, 2.75) is 25.7 Å². The van der Waals surface area contributed by atoms with Gasteiger partial charge in [-0.1, -0.05) is 0 Å². The van der Waals surface area contributed by atoms with E-state index in [0.29, 0.717) is 0 Å². The van der Waals surface area contributed by atoms with Crippen LogP contribution in [0, 0.1) is 0 Å². The molecule has 4 nitrogen and oxygen atoms in total. The second-order valence-corrected chi connectivity index (χ2v) is 5.63. The Labute approximate surface area is 116 Å². The number of thiocarbonyl (C=S) groups is 1. The van der Waals surface area contributed by atoms with Crippen LogP contribution in [0.5, 0.6) is 0 Å². The van der Waals surface area contributed by atoms with E-state index in [9.17, 15) is 0 Å². The molecule has 0 aromatic heterocycles. The van der Waals surface area contributed by atoms with Gasteiger partial charge in [0.05, 0.1) is 19.8 Å². The summed E-state index contributed by atoms with van der Waals surface area (Å²) in [5, 5.41) is 4.37. The van der Waals surface area contributed by atoms with Gasteiger partial charge in [-0.2, -0.15) is 0 Å². The van der Waals surface area contributed by atoms with Gasteiger partial charge in [0.25, 0.3) is 0 Å². The largest absolute Gasteiger partial charge is 0.370 e. The van der Waals surface area contributed by atoms with Gasteiger partial charge in [-0.15, -0.1) is 0 Å². The maximum Gasteiger partial charge on any atom is 0.168 e. The number of likely N-dealkylation sites (tertiary alicyclic amines) is 1. The molecule has 2 saturated heterocycles. The topological polar surface area (TPSA) is 28.9 Å². The standard InChI is InChI=1S/C13H25N3OS/c18-13(16-7-2-1-3-8-16)14-5-4-6-15-9-11-17-12-10-15/h1-12H2,(H,14,18)/p+1. The van der Waals surface area contributed by atoms with E-state index in [1.807, 2.05) is 0 Å². The molecule has 0 spiro atoms. The lowest BCUT2D eigenvalue weighted by molar-refractivity contribution is -0.908. The number of rotatable bonds is 4. The van der Waals surface area contributed by atoms with Crippen LogP contribution in [0.15, 0.2) is 0 Å². The summed E-state index contributed by atoms with van der Waals surface area (Å²) in [4.78, 5) is 3.99. The number of quaternary nitrogens is 1. The van der Waals surface area contributed by atoms with E-state index in [-0.39, 0.29) is 0 Å². The van der Waals surface area contributed by atoms with Crippen LogP contribution in [-0.4, -0.2) is 62.5 Å². The van der Waals surface area contributed by atoms with E-state index in [0.717, 1.165) is 51.0 Å². The van der Waals surface area contributed by atoms with E-state index in [4.69, 9.17) is 17.0 Å². The van der Waals surface area contributed by atoms with Crippen LogP contribution in [0.3, 0.4) is 0 Å². The molecule has 0 aromatic carbocycles. The van der Waals surface area contributed by atoms with Crippen LogP contribution >= 0.6 is 12.2 Å². The number of hydrogen-bond donors (Lipinski definition) is 2. The molecule has 0 unspecified atom stereocenters. The zero-order valence-corrected chi connectivity index (χ0v) is 12.1. The van der Waals surface area contributed by atoms with E-state index in [1.165, 1.54) is 32.2 Å². The summed E-state index contributed by atoms with van der Waals surface area (Å²) in [7, 11) is 0. The van der Waals surface area contributed by atoms with Crippen LogP contribution in [0.4, 0.5) is 0 Å². The molecule has 0 aromatic rings. The molecule has 0 radical (unpaired) electrons. The van der Waals surface area contributed by atoms with Crippen LogP contribution in [0.1, 0.15) is 25.7 Å². The average molecular weight is 272 g/mol. The van der Waals surface area contributed by atoms with Crippen molar-refractivity contribution in [1.29, 1.82) is 0 Å². The Morgan fingerprint density at radius 2 is 1.89 bits per heavy atom. The normalized spacial score (nSPS) is 21.9. The summed E-state index contributed by atoms with van der Waals surface area (Å²) in [6.45, 7) is 8.71. The molecule has 0 aliphatic carbocycles. The highest BCUT2D eigenvalue weighted by Crippen LogP contribution is 2.08. The first kappa shape index (κ1) is 14.0. The Hall–Kier alpha value is -0.390. The van der Waals surface area contributed by atoms with E-state index >= 15 is 0 Å². The van der Waals surface area contributed by atoms with Crippen molar-refractivity contribution < 1.29 is 9.64 Å². The SMILES string of the molecule is S=C(NCCC[NH+]1CCOCC1)N1CCCCC1. The quantitative estimate of drug-likeness (QED) is 0.541. The zero-order valence-electron chi connectivity index (χ0n) is 11.2. The van der Waals surface area contributed by atoms with Gasteiger partial charge >= 0.3 is 0 Å². The van der Waals surface area contributed by atoms with Gasteiger partial charge in [-0.05, 0) is 31.5 Å². The number of nitrogens with one attached hydrogen (secondary N) is 2. The molecule has 0 atom stereocenters. The van der Waals surface area contributed by atoms with Crippen molar-refractivity contribution in [2.75, 3.05) is 52.5 Å². The summed E-state index contributed by atoms with van der Waals surface area (Å²) >= 11 is 5.43. The second kappa shape index (κ2) is 7.92. The van der Waals surface area contributed by atoms with Crippen molar-refractivity contribution in [3.05, 3.63) is 0 Å². The van der Waals surface area contributed by atoms with Crippen LogP contribution in [0.2, 0.25) is 0 Å². The predicted molar refractivity (Wildman–Crippen MR) is 77.0 cm³/mol. The van der Waals surface area contributed by atoms with E-state index in [1.54, 1.807) is 4.90 Å². The van der Waals surface area contributed by atoms with Crippen molar-refractivity contribution in [1.82, 2.24) is 10.2 Å². The number of morpholine rings is 1. The molecule has 2 fully saturated rings. The number of nitrogens with zero attached hydrogens (tertiary/aromatic N) is 1. The second-order valence-electron chi connectivity index (χ2n) is 5.25. The minimum atomic E-state index is 0.926. The van der Waals surface area contributed by atoms with Gasteiger partial charge in [0.2, 0.25) is 0 Å². The molecular weight excluding hydrogens is 246 g/mol. The van der Waals surface area contributed by atoms with Crippen LogP contribution < -0.4 is 10.2 Å². The predicted octanol–water partition coefficient (Wildman–Crippen LogP) is -0.348. The molecule has 2 aliphatic heterocycles. The van der Waals surface area contributed by atoms with Gasteiger partial charge < -0.3 is 19.9 Å². The highest BCUT2D eigenvalue weighted by Gasteiger charge is 2.14. The van der Waals surface area contributed by atoms with Gasteiger partial charge in [-0.25, -0.2) is 0 Å². The summed E-state index contributed by atoms with van der Waals surface area (Å²) in [5.41, 5.74) is 0. The highest BCUT2D eigenvalue weighted by atomic mass is 32.1. The maximum absolute atomic E-state index is 5.43. The number of ether oxygens (including phenoxy) is 1. The first-order valence-electron chi connectivity index (χ1n) is 7.30. The minimum Gasteiger partial charge on any atom is -0.370 e. The molecule has 0 amide bonds. The molecule has 5 heteroatoms. The molecule has 2 rings (SSSR count). The summed E-state index contributed by atoms with van der Waals surface area (Å²) in [6.07, 6.45) is 5.14. The summed E-state index contributed by atoms with van der Waals surface area (Å²) < 4.78 is 5.36. The number of hydrogen-bond acceptors (Lipinski definition) is 2.